The lowest BCUT2D eigenvalue weighted by molar-refractivity contribution is -0.131. The van der Waals surface area contributed by atoms with Gasteiger partial charge in [0.1, 0.15) is 11.9 Å². The molecule has 0 aliphatic carbocycles. The van der Waals surface area contributed by atoms with Crippen LogP contribution < -0.4 is 10.6 Å². The molecule has 1 aromatic rings. The molecule has 1 atom stereocenters. The fourth-order valence-corrected chi connectivity index (χ4v) is 1.28. The Labute approximate surface area is 112 Å². The Morgan fingerprint density at radius 2 is 1.79 bits per heavy atom. The van der Waals surface area contributed by atoms with Crippen molar-refractivity contribution in [3.63, 3.8) is 0 Å². The van der Waals surface area contributed by atoms with Crippen molar-refractivity contribution in [1.82, 2.24) is 5.32 Å². The maximum absolute atomic E-state index is 13.4. The van der Waals surface area contributed by atoms with Crippen LogP contribution in [0.5, 0.6) is 0 Å². The number of amides is 2. The molecular weight excluding hydrogens is 247 g/mol. The van der Waals surface area contributed by atoms with Crippen LogP contribution >= 0.6 is 0 Å². The van der Waals surface area contributed by atoms with E-state index in [0.717, 1.165) is 0 Å². The third-order valence-corrected chi connectivity index (χ3v) is 2.55. The van der Waals surface area contributed by atoms with Crippen molar-refractivity contribution in [1.29, 1.82) is 0 Å². The quantitative estimate of drug-likeness (QED) is 0.882. The second-order valence-corrected chi connectivity index (χ2v) is 5.41. The van der Waals surface area contributed by atoms with Crippen LogP contribution in [-0.2, 0) is 9.59 Å². The Hall–Kier alpha value is -1.91. The van der Waals surface area contributed by atoms with Crippen LogP contribution in [0, 0.1) is 11.2 Å². The number of hydrogen-bond acceptors (Lipinski definition) is 2. The van der Waals surface area contributed by atoms with Crippen molar-refractivity contribution in [3.8, 4) is 0 Å². The van der Waals surface area contributed by atoms with Crippen LogP contribution in [-0.4, -0.2) is 17.9 Å². The number of carbonyl (C=O) groups is 2. The number of para-hydroxylation sites is 1. The predicted molar refractivity (Wildman–Crippen MR) is 72.1 cm³/mol. The number of benzene rings is 1. The molecule has 0 saturated carbocycles. The summed E-state index contributed by atoms with van der Waals surface area (Å²) in [6.07, 6.45) is 0. The minimum Gasteiger partial charge on any atom is -0.344 e. The largest absolute Gasteiger partial charge is 0.344 e. The molecule has 0 aliphatic rings. The van der Waals surface area contributed by atoms with Crippen LogP contribution in [0.1, 0.15) is 27.7 Å². The third-order valence-electron chi connectivity index (χ3n) is 2.55. The first-order valence-corrected chi connectivity index (χ1v) is 6.08. The first-order chi connectivity index (χ1) is 8.71. The van der Waals surface area contributed by atoms with Gasteiger partial charge in [0, 0.05) is 5.41 Å². The third kappa shape index (κ3) is 4.35. The van der Waals surface area contributed by atoms with Crippen LogP contribution in [0.2, 0.25) is 0 Å². The fourth-order valence-electron chi connectivity index (χ4n) is 1.28. The minimum absolute atomic E-state index is 0.101. The standard InChI is InChI=1S/C14H19FN2O2/c1-9(16-13(19)14(2,3)4)12(18)17-11-8-6-5-7-10(11)15/h5-9H,1-4H3,(H,16,19)(H,17,18). The van der Waals surface area contributed by atoms with Crippen molar-refractivity contribution in [2.24, 2.45) is 5.41 Å². The molecule has 19 heavy (non-hydrogen) atoms. The van der Waals surface area contributed by atoms with Crippen molar-refractivity contribution in [3.05, 3.63) is 30.1 Å². The van der Waals surface area contributed by atoms with Gasteiger partial charge >= 0.3 is 0 Å². The predicted octanol–water partition coefficient (Wildman–Crippen LogP) is 2.32. The topological polar surface area (TPSA) is 58.2 Å². The van der Waals surface area contributed by atoms with Gasteiger partial charge in [-0.25, -0.2) is 4.39 Å². The Morgan fingerprint density at radius 3 is 2.32 bits per heavy atom. The van der Waals surface area contributed by atoms with Crippen LogP contribution in [0.4, 0.5) is 10.1 Å². The van der Waals surface area contributed by atoms with Gasteiger partial charge in [-0.1, -0.05) is 32.9 Å². The van der Waals surface area contributed by atoms with E-state index in [0.29, 0.717) is 0 Å². The van der Waals surface area contributed by atoms with Crippen LogP contribution in [0.25, 0.3) is 0 Å². The highest BCUT2D eigenvalue weighted by atomic mass is 19.1. The first-order valence-electron chi connectivity index (χ1n) is 6.08. The monoisotopic (exact) mass is 266 g/mol. The number of rotatable bonds is 3. The molecule has 0 bridgehead atoms. The van der Waals surface area contributed by atoms with Crippen molar-refractivity contribution in [2.75, 3.05) is 5.32 Å². The molecule has 0 spiro atoms. The van der Waals surface area contributed by atoms with E-state index >= 15 is 0 Å². The van der Waals surface area contributed by atoms with E-state index in [1.165, 1.54) is 18.2 Å². The van der Waals surface area contributed by atoms with Crippen molar-refractivity contribution in [2.45, 2.75) is 33.7 Å². The first kappa shape index (κ1) is 15.1. The smallest absolute Gasteiger partial charge is 0.246 e. The molecule has 1 unspecified atom stereocenters. The van der Waals surface area contributed by atoms with E-state index in [1.54, 1.807) is 33.8 Å². The molecule has 5 heteroatoms. The molecule has 4 nitrogen and oxygen atoms in total. The van der Waals surface area contributed by atoms with E-state index in [2.05, 4.69) is 10.6 Å². The normalized spacial score (nSPS) is 12.7. The summed E-state index contributed by atoms with van der Waals surface area (Å²) in [7, 11) is 0. The molecule has 0 aromatic heterocycles. The molecule has 104 valence electrons. The van der Waals surface area contributed by atoms with E-state index in [4.69, 9.17) is 0 Å². The lowest BCUT2D eigenvalue weighted by atomic mass is 9.95. The molecule has 0 saturated heterocycles. The molecule has 0 heterocycles. The zero-order valence-corrected chi connectivity index (χ0v) is 11.6. The lowest BCUT2D eigenvalue weighted by Crippen LogP contribution is -2.46. The summed E-state index contributed by atoms with van der Waals surface area (Å²) < 4.78 is 13.4. The van der Waals surface area contributed by atoms with Gasteiger partial charge in [-0.3, -0.25) is 9.59 Å². The number of anilines is 1. The van der Waals surface area contributed by atoms with Gasteiger partial charge in [-0.2, -0.15) is 0 Å². The van der Waals surface area contributed by atoms with E-state index in [-0.39, 0.29) is 11.6 Å². The summed E-state index contributed by atoms with van der Waals surface area (Å²) in [6.45, 7) is 6.82. The molecule has 2 amide bonds. The van der Waals surface area contributed by atoms with Gasteiger partial charge in [-0.05, 0) is 19.1 Å². The minimum atomic E-state index is -0.730. The lowest BCUT2D eigenvalue weighted by Gasteiger charge is -2.21. The van der Waals surface area contributed by atoms with Crippen molar-refractivity contribution < 1.29 is 14.0 Å². The Kier molecular flexibility index (Phi) is 4.64. The maximum atomic E-state index is 13.4. The molecule has 1 rings (SSSR count). The Morgan fingerprint density at radius 1 is 1.21 bits per heavy atom. The summed E-state index contributed by atoms with van der Waals surface area (Å²) in [4.78, 5) is 23.6. The fraction of sp³-hybridized carbons (Fsp3) is 0.429. The second kappa shape index (κ2) is 5.82. The second-order valence-electron chi connectivity index (χ2n) is 5.41. The highest BCUT2D eigenvalue weighted by Gasteiger charge is 2.25. The van der Waals surface area contributed by atoms with Gasteiger partial charge < -0.3 is 10.6 Å². The SMILES string of the molecule is CC(NC(=O)C(C)(C)C)C(=O)Nc1ccccc1F. The maximum Gasteiger partial charge on any atom is 0.246 e. The average molecular weight is 266 g/mol. The zero-order valence-electron chi connectivity index (χ0n) is 11.6. The average Bonchev–Trinajstić information content (AvgIpc) is 2.30. The van der Waals surface area contributed by atoms with Crippen LogP contribution in [0.15, 0.2) is 24.3 Å². The van der Waals surface area contributed by atoms with Gasteiger partial charge in [0.05, 0.1) is 5.69 Å². The Bertz CT molecular complexity index is 481. The molecule has 0 fully saturated rings. The van der Waals surface area contributed by atoms with Gasteiger partial charge in [0.25, 0.3) is 0 Å². The van der Waals surface area contributed by atoms with Gasteiger partial charge in [-0.15, -0.1) is 0 Å². The zero-order chi connectivity index (χ0) is 14.6. The number of carbonyl (C=O) groups excluding carboxylic acids is 2. The number of hydrogen-bond donors (Lipinski definition) is 2. The molecule has 1 aromatic carbocycles. The highest BCUT2D eigenvalue weighted by molar-refractivity contribution is 5.97. The molecule has 2 N–H and O–H groups in total. The van der Waals surface area contributed by atoms with Gasteiger partial charge in [0.2, 0.25) is 11.8 Å². The molecule has 0 aliphatic heterocycles. The number of halogens is 1. The summed E-state index contributed by atoms with van der Waals surface area (Å²) in [5.41, 5.74) is -0.476. The Balaban J connectivity index is 2.64. The number of nitrogens with one attached hydrogen (secondary N) is 2. The van der Waals surface area contributed by atoms with Crippen molar-refractivity contribution >= 4 is 17.5 Å². The molecule has 0 radical (unpaired) electrons. The summed E-state index contributed by atoms with van der Waals surface area (Å²) in [6, 6.07) is 5.15. The summed E-state index contributed by atoms with van der Waals surface area (Å²) in [5.74, 6) is -1.20. The summed E-state index contributed by atoms with van der Waals surface area (Å²) >= 11 is 0. The van der Waals surface area contributed by atoms with E-state index < -0.39 is 23.2 Å². The van der Waals surface area contributed by atoms with Gasteiger partial charge in [0.15, 0.2) is 0 Å². The van der Waals surface area contributed by atoms with E-state index in [1.807, 2.05) is 0 Å². The van der Waals surface area contributed by atoms with E-state index in [9.17, 15) is 14.0 Å². The highest BCUT2D eigenvalue weighted by Crippen LogP contribution is 2.14. The summed E-state index contributed by atoms with van der Waals surface area (Å²) in [5, 5.41) is 5.02. The molecular formula is C14H19FN2O2. The van der Waals surface area contributed by atoms with Crippen LogP contribution in [0.3, 0.4) is 0 Å².